The molecule has 0 rings (SSSR count). The molecule has 0 aromatic heterocycles. The number of quaternary nitrogens is 1. The third-order valence-electron chi connectivity index (χ3n) is 1.50. The Balaban J connectivity index is 0. The van der Waals surface area contributed by atoms with Gasteiger partial charge in [0.15, 0.2) is 6.04 Å². The lowest BCUT2D eigenvalue weighted by Gasteiger charge is -2.10. The number of rotatable bonds is 6. The Kier molecular flexibility index (Phi) is 11.3. The number of halogens is 1. The van der Waals surface area contributed by atoms with Gasteiger partial charge in [0.05, 0.1) is 6.10 Å². The van der Waals surface area contributed by atoms with Crippen LogP contribution in [0.5, 0.6) is 0 Å². The van der Waals surface area contributed by atoms with Gasteiger partial charge in [-0.05, 0) is 25.4 Å². The fourth-order valence-electron chi connectivity index (χ4n) is 0.816. The number of hydrogen-bond donors (Lipinski definition) is 1. The molecule has 86 valence electrons. The van der Waals surface area contributed by atoms with Gasteiger partial charge in [-0.25, -0.2) is 4.79 Å². The van der Waals surface area contributed by atoms with Crippen LogP contribution >= 0.6 is 11.8 Å². The van der Waals surface area contributed by atoms with Gasteiger partial charge >= 0.3 is 5.97 Å². The van der Waals surface area contributed by atoms with Gasteiger partial charge in [0.25, 0.3) is 0 Å². The van der Waals surface area contributed by atoms with Crippen molar-refractivity contribution in [3.05, 3.63) is 0 Å². The first-order valence-electron chi connectivity index (χ1n) is 4.69. The van der Waals surface area contributed by atoms with Crippen molar-refractivity contribution in [2.45, 2.75) is 39.3 Å². The minimum Gasteiger partial charge on any atom is -1.00 e. The number of carbonyl (C=O) groups excluding carboxylic acids is 1. The van der Waals surface area contributed by atoms with E-state index in [0.717, 1.165) is 17.9 Å². The quantitative estimate of drug-likeness (QED) is 0.420. The molecule has 14 heavy (non-hydrogen) atoms. The van der Waals surface area contributed by atoms with Gasteiger partial charge < -0.3 is 22.9 Å². The van der Waals surface area contributed by atoms with Gasteiger partial charge in [-0.1, -0.05) is 6.92 Å². The molecule has 0 saturated carbocycles. The van der Waals surface area contributed by atoms with Crippen LogP contribution in [0.25, 0.3) is 0 Å². The predicted molar refractivity (Wildman–Crippen MR) is 55.5 cm³/mol. The van der Waals surface area contributed by atoms with Crippen molar-refractivity contribution < 1.29 is 27.7 Å². The summed E-state index contributed by atoms with van der Waals surface area (Å²) in [6.45, 7) is 5.81. The van der Waals surface area contributed by atoms with Crippen molar-refractivity contribution in [3.8, 4) is 0 Å². The molecule has 3 N–H and O–H groups in total. The molecule has 1 atom stereocenters. The summed E-state index contributed by atoms with van der Waals surface area (Å²) < 4.78 is 5.03. The van der Waals surface area contributed by atoms with Crippen LogP contribution < -0.4 is 18.1 Å². The molecule has 3 nitrogen and oxygen atoms in total. The monoisotopic (exact) mass is 241 g/mol. The molecule has 0 saturated heterocycles. The molecular formula is C9H20ClNO2S. The van der Waals surface area contributed by atoms with Crippen molar-refractivity contribution in [3.63, 3.8) is 0 Å². The van der Waals surface area contributed by atoms with Gasteiger partial charge in [0.1, 0.15) is 0 Å². The Morgan fingerprint density at radius 2 is 2.07 bits per heavy atom. The smallest absolute Gasteiger partial charge is 0.365 e. The van der Waals surface area contributed by atoms with Crippen molar-refractivity contribution in [2.24, 2.45) is 0 Å². The van der Waals surface area contributed by atoms with E-state index < -0.39 is 0 Å². The summed E-state index contributed by atoms with van der Waals surface area (Å²) in [5, 5.41) is 0. The second-order valence-corrected chi connectivity index (χ2v) is 4.56. The number of esters is 1. The highest BCUT2D eigenvalue weighted by molar-refractivity contribution is 7.99. The number of carbonyl (C=O) groups is 1. The van der Waals surface area contributed by atoms with Gasteiger partial charge in [-0.15, -0.1) is 0 Å². The van der Waals surface area contributed by atoms with E-state index in [1.165, 1.54) is 0 Å². The molecule has 0 fully saturated rings. The summed E-state index contributed by atoms with van der Waals surface area (Å²) in [7, 11) is 0. The fourth-order valence-corrected chi connectivity index (χ4v) is 1.56. The normalized spacial score (nSPS) is 12.1. The maximum absolute atomic E-state index is 11.3. The summed E-state index contributed by atoms with van der Waals surface area (Å²) >= 11 is 1.82. The van der Waals surface area contributed by atoms with Crippen molar-refractivity contribution in [1.29, 1.82) is 0 Å². The average Bonchev–Trinajstić information content (AvgIpc) is 2.03. The van der Waals surface area contributed by atoms with Crippen LogP contribution in [0.1, 0.15) is 27.2 Å². The number of thioether (sulfide) groups is 1. The van der Waals surface area contributed by atoms with Crippen LogP contribution in [-0.2, 0) is 9.53 Å². The topological polar surface area (TPSA) is 53.9 Å². The Labute approximate surface area is 96.5 Å². The van der Waals surface area contributed by atoms with Gasteiger partial charge in [0, 0.05) is 6.42 Å². The van der Waals surface area contributed by atoms with Crippen LogP contribution in [0.15, 0.2) is 0 Å². The van der Waals surface area contributed by atoms with Crippen molar-refractivity contribution in [1.82, 2.24) is 0 Å². The highest BCUT2D eigenvalue weighted by Crippen LogP contribution is 2.03. The Morgan fingerprint density at radius 1 is 1.50 bits per heavy atom. The zero-order valence-corrected chi connectivity index (χ0v) is 10.7. The number of hydrogen-bond acceptors (Lipinski definition) is 3. The molecule has 0 aliphatic carbocycles. The summed E-state index contributed by atoms with van der Waals surface area (Å²) in [6.07, 6.45) is 0.778. The minimum atomic E-state index is -0.207. The Morgan fingerprint density at radius 3 is 2.50 bits per heavy atom. The molecule has 0 spiro atoms. The molecule has 0 amide bonds. The number of ether oxygens (including phenoxy) is 1. The molecular weight excluding hydrogens is 222 g/mol. The van der Waals surface area contributed by atoms with E-state index in [1.54, 1.807) is 0 Å². The molecule has 0 aliphatic heterocycles. The molecule has 0 radical (unpaired) electrons. The highest BCUT2D eigenvalue weighted by Gasteiger charge is 2.19. The third kappa shape index (κ3) is 8.66. The zero-order chi connectivity index (χ0) is 10.3. The van der Waals surface area contributed by atoms with E-state index in [9.17, 15) is 4.79 Å². The zero-order valence-electron chi connectivity index (χ0n) is 9.09. The van der Waals surface area contributed by atoms with Crippen molar-refractivity contribution in [2.75, 3.05) is 11.5 Å². The van der Waals surface area contributed by atoms with E-state index in [4.69, 9.17) is 4.74 Å². The van der Waals surface area contributed by atoms with Crippen molar-refractivity contribution >= 4 is 17.7 Å². The predicted octanol–water partition coefficient (Wildman–Crippen LogP) is -2.30. The first kappa shape index (κ1) is 16.5. The Hall–Kier alpha value is 0.0700. The summed E-state index contributed by atoms with van der Waals surface area (Å²) in [6, 6.07) is -0.207. The van der Waals surface area contributed by atoms with Crippen LogP contribution in [-0.4, -0.2) is 29.6 Å². The van der Waals surface area contributed by atoms with Crippen LogP contribution in [0.3, 0.4) is 0 Å². The molecule has 0 aromatic carbocycles. The lowest BCUT2D eigenvalue weighted by Crippen LogP contribution is -3.00. The SMILES string of the molecule is CCSCC[C@H]([NH3+])C(=O)OC(C)C.[Cl-]. The van der Waals surface area contributed by atoms with E-state index in [1.807, 2.05) is 25.6 Å². The Bertz CT molecular complexity index is 156. The molecule has 0 aromatic rings. The maximum atomic E-state index is 11.3. The van der Waals surface area contributed by atoms with Gasteiger partial charge in [-0.2, -0.15) is 11.8 Å². The average molecular weight is 242 g/mol. The van der Waals surface area contributed by atoms with Gasteiger partial charge in [-0.3, -0.25) is 0 Å². The second-order valence-electron chi connectivity index (χ2n) is 3.17. The lowest BCUT2D eigenvalue weighted by atomic mass is 10.2. The summed E-state index contributed by atoms with van der Waals surface area (Å²) in [5.41, 5.74) is 3.77. The van der Waals surface area contributed by atoms with Crippen LogP contribution in [0.2, 0.25) is 0 Å². The highest BCUT2D eigenvalue weighted by atomic mass is 35.5. The standard InChI is InChI=1S/C9H19NO2S.ClH/c1-4-13-6-5-8(10)9(11)12-7(2)3;/h7-8H,4-6,10H2,1-3H3;1H/t8-;/m0./s1. The third-order valence-corrected chi connectivity index (χ3v) is 2.43. The lowest BCUT2D eigenvalue weighted by molar-refractivity contribution is -0.409. The van der Waals surface area contributed by atoms with E-state index in [0.29, 0.717) is 0 Å². The largest absolute Gasteiger partial charge is 1.00 e. The molecule has 5 heteroatoms. The molecule has 0 heterocycles. The minimum absolute atomic E-state index is 0. The summed E-state index contributed by atoms with van der Waals surface area (Å²) in [5.74, 6) is 1.90. The van der Waals surface area contributed by atoms with E-state index in [2.05, 4.69) is 12.7 Å². The molecule has 0 bridgehead atoms. The molecule has 0 aliphatic rings. The van der Waals surface area contributed by atoms with Gasteiger partial charge in [0.2, 0.25) is 0 Å². The van der Waals surface area contributed by atoms with Crippen LogP contribution in [0, 0.1) is 0 Å². The first-order chi connectivity index (χ1) is 6.07. The maximum Gasteiger partial charge on any atom is 0.365 e. The first-order valence-corrected chi connectivity index (χ1v) is 5.84. The summed E-state index contributed by atoms with van der Waals surface area (Å²) in [4.78, 5) is 11.3. The molecule has 0 unspecified atom stereocenters. The van der Waals surface area contributed by atoms with E-state index in [-0.39, 0.29) is 30.5 Å². The fraction of sp³-hybridized carbons (Fsp3) is 0.889. The van der Waals surface area contributed by atoms with Crippen LogP contribution in [0.4, 0.5) is 0 Å². The second kappa shape index (κ2) is 9.62. The van der Waals surface area contributed by atoms with E-state index >= 15 is 0 Å².